The van der Waals surface area contributed by atoms with Crippen molar-refractivity contribution < 1.29 is 22.5 Å². The summed E-state index contributed by atoms with van der Waals surface area (Å²) in [7, 11) is 0. The van der Waals surface area contributed by atoms with E-state index in [0.29, 0.717) is 40.9 Å². The zero-order chi connectivity index (χ0) is 22.5. The third kappa shape index (κ3) is 3.72. The van der Waals surface area contributed by atoms with Crippen LogP contribution in [0.2, 0.25) is 0 Å². The molecule has 166 valence electrons. The average molecular weight is 442 g/mol. The molecule has 9 heteroatoms. The molecular weight excluding hydrogens is 421 g/mol. The molecule has 3 atom stereocenters. The number of halogens is 3. The van der Waals surface area contributed by atoms with Crippen LogP contribution in [0.3, 0.4) is 0 Å². The number of pyridine rings is 1. The number of likely N-dealkylation sites (tertiary alicyclic amines) is 1. The number of fused-ring (bicyclic) bond motifs is 2. The Morgan fingerprint density at radius 1 is 1.19 bits per heavy atom. The number of nitrogens with zero attached hydrogens (tertiary/aromatic N) is 3. The molecule has 3 unspecified atom stereocenters. The maximum Gasteiger partial charge on any atom is 0.417 e. The smallest absolute Gasteiger partial charge is 0.365 e. The van der Waals surface area contributed by atoms with Crippen LogP contribution in [0.15, 0.2) is 53.2 Å². The summed E-state index contributed by atoms with van der Waals surface area (Å²) < 4.78 is 43.5. The number of alkyl halides is 3. The van der Waals surface area contributed by atoms with Gasteiger partial charge in [-0.25, -0.2) is 4.98 Å². The number of nitrogens with one attached hydrogen (secondary N) is 1. The largest absolute Gasteiger partial charge is 0.417 e. The van der Waals surface area contributed by atoms with E-state index >= 15 is 0 Å². The Morgan fingerprint density at radius 2 is 2.00 bits per heavy atom. The van der Waals surface area contributed by atoms with E-state index in [9.17, 15) is 18.0 Å². The van der Waals surface area contributed by atoms with Crippen LogP contribution in [0.1, 0.15) is 34.5 Å². The number of piperidine rings is 1. The van der Waals surface area contributed by atoms with Crippen LogP contribution in [0.4, 0.5) is 19.0 Å². The first kappa shape index (κ1) is 20.5. The van der Waals surface area contributed by atoms with Crippen LogP contribution in [0.5, 0.6) is 0 Å². The van der Waals surface area contributed by atoms with Gasteiger partial charge in [-0.2, -0.15) is 13.2 Å². The molecule has 1 amide bonds. The molecule has 3 aromatic rings. The fourth-order valence-corrected chi connectivity index (χ4v) is 4.79. The molecule has 2 aliphatic rings. The number of anilines is 1. The lowest BCUT2D eigenvalue weighted by molar-refractivity contribution is -0.137. The van der Waals surface area contributed by atoms with Crippen LogP contribution in [-0.4, -0.2) is 39.6 Å². The summed E-state index contributed by atoms with van der Waals surface area (Å²) in [4.78, 5) is 19.3. The van der Waals surface area contributed by atoms with Gasteiger partial charge in [0.05, 0.1) is 11.6 Å². The quantitative estimate of drug-likeness (QED) is 0.630. The minimum absolute atomic E-state index is 0.0521. The monoisotopic (exact) mass is 442 g/mol. The van der Waals surface area contributed by atoms with E-state index in [-0.39, 0.29) is 18.0 Å². The highest BCUT2D eigenvalue weighted by molar-refractivity contribution is 6.01. The lowest BCUT2D eigenvalue weighted by Gasteiger charge is -2.34. The number of benzene rings is 1. The topological polar surface area (TPSA) is 71.3 Å². The van der Waals surface area contributed by atoms with E-state index < -0.39 is 11.7 Å². The SMILES string of the molecule is Cc1cc(-c2ccccc2C(=O)N2CC3CC(Nc4ccc(C(F)(F)F)cn4)C2C3)no1. The molecule has 0 spiro atoms. The van der Waals surface area contributed by atoms with E-state index in [1.165, 1.54) is 6.07 Å². The van der Waals surface area contributed by atoms with E-state index in [2.05, 4.69) is 15.5 Å². The first-order chi connectivity index (χ1) is 15.3. The van der Waals surface area contributed by atoms with Crippen molar-refractivity contribution in [1.29, 1.82) is 0 Å². The Balaban J connectivity index is 1.35. The molecule has 1 aliphatic carbocycles. The Bertz CT molecular complexity index is 1140. The molecule has 1 saturated carbocycles. The number of amides is 1. The van der Waals surface area contributed by atoms with E-state index in [4.69, 9.17) is 4.52 Å². The Hall–Kier alpha value is -3.36. The van der Waals surface area contributed by atoms with E-state index in [1.807, 2.05) is 23.1 Å². The highest BCUT2D eigenvalue weighted by atomic mass is 19.4. The molecule has 3 heterocycles. The van der Waals surface area contributed by atoms with Crippen molar-refractivity contribution in [1.82, 2.24) is 15.0 Å². The van der Waals surface area contributed by atoms with E-state index in [1.54, 1.807) is 19.1 Å². The van der Waals surface area contributed by atoms with Crippen molar-refractivity contribution in [3.63, 3.8) is 0 Å². The molecule has 2 aromatic heterocycles. The third-order valence-electron chi connectivity index (χ3n) is 6.23. The van der Waals surface area contributed by atoms with E-state index in [0.717, 1.165) is 25.1 Å². The summed E-state index contributed by atoms with van der Waals surface area (Å²) in [6.45, 7) is 2.46. The number of aryl methyl sites for hydroxylation is 1. The Kier molecular flexibility index (Phi) is 4.91. The molecule has 2 fully saturated rings. The van der Waals surface area contributed by atoms with Gasteiger partial charge in [0.1, 0.15) is 17.3 Å². The molecule has 5 rings (SSSR count). The molecule has 1 aromatic carbocycles. The van der Waals surface area contributed by atoms with Crippen LogP contribution in [0, 0.1) is 12.8 Å². The fourth-order valence-electron chi connectivity index (χ4n) is 4.79. The number of rotatable bonds is 4. The fraction of sp³-hybridized carbons (Fsp3) is 0.348. The summed E-state index contributed by atoms with van der Waals surface area (Å²) >= 11 is 0. The molecule has 6 nitrogen and oxygen atoms in total. The standard InChI is InChI=1S/C23H21F3N4O2/c1-13-8-18(29-32-13)16-4-2-3-5-17(16)22(31)30-12-14-9-19(20(30)10-14)28-21-7-6-15(11-27-21)23(24,25)26/h2-8,11,14,19-20H,9-10,12H2,1H3,(H,27,28). The number of hydrogen-bond acceptors (Lipinski definition) is 5. The molecule has 2 bridgehead atoms. The minimum Gasteiger partial charge on any atom is -0.365 e. The van der Waals surface area contributed by atoms with Gasteiger partial charge >= 0.3 is 6.18 Å². The van der Waals surface area contributed by atoms with Crippen molar-refractivity contribution in [2.45, 2.75) is 38.0 Å². The molecule has 1 aliphatic heterocycles. The predicted octanol–water partition coefficient (Wildman–Crippen LogP) is 4.78. The number of hydrogen-bond donors (Lipinski definition) is 1. The number of carbonyl (C=O) groups is 1. The second-order valence-corrected chi connectivity index (χ2v) is 8.41. The van der Waals surface area contributed by atoms with Crippen LogP contribution in [-0.2, 0) is 6.18 Å². The summed E-state index contributed by atoms with van der Waals surface area (Å²) in [5.41, 5.74) is 1.10. The Labute approximate surface area is 182 Å². The van der Waals surface area contributed by atoms with Crippen molar-refractivity contribution >= 4 is 11.7 Å². The van der Waals surface area contributed by atoms with Gasteiger partial charge < -0.3 is 14.7 Å². The van der Waals surface area contributed by atoms with Crippen molar-refractivity contribution in [3.05, 3.63) is 65.5 Å². The summed E-state index contributed by atoms with van der Waals surface area (Å²) in [5.74, 6) is 1.30. The van der Waals surface area contributed by atoms with Gasteiger partial charge in [-0.15, -0.1) is 0 Å². The van der Waals surface area contributed by atoms with Gasteiger partial charge in [-0.1, -0.05) is 23.4 Å². The van der Waals surface area contributed by atoms with Crippen LogP contribution in [0.25, 0.3) is 11.3 Å². The molecule has 1 saturated heterocycles. The number of aromatic nitrogens is 2. The average Bonchev–Trinajstić information content (AvgIpc) is 3.49. The summed E-state index contributed by atoms with van der Waals surface area (Å²) in [6.07, 6.45) is -1.89. The van der Waals surface area contributed by atoms with Gasteiger partial charge in [-0.3, -0.25) is 4.79 Å². The van der Waals surface area contributed by atoms with Crippen LogP contribution < -0.4 is 5.32 Å². The van der Waals surface area contributed by atoms with Gasteiger partial charge in [0.25, 0.3) is 5.91 Å². The van der Waals surface area contributed by atoms with Crippen molar-refractivity contribution in [3.8, 4) is 11.3 Å². The molecule has 1 N–H and O–H groups in total. The minimum atomic E-state index is -4.42. The first-order valence-electron chi connectivity index (χ1n) is 10.4. The van der Waals surface area contributed by atoms with Gasteiger partial charge in [0.15, 0.2) is 0 Å². The normalized spacial score (nSPS) is 22.4. The maximum atomic E-state index is 13.5. The van der Waals surface area contributed by atoms with Gasteiger partial charge in [-0.05, 0) is 43.9 Å². The molecular formula is C23H21F3N4O2. The predicted molar refractivity (Wildman–Crippen MR) is 111 cm³/mol. The van der Waals surface area contributed by atoms with Gasteiger partial charge in [0.2, 0.25) is 0 Å². The summed E-state index contributed by atoms with van der Waals surface area (Å²) in [5, 5.41) is 7.29. The van der Waals surface area contributed by atoms with Gasteiger partial charge in [0, 0.05) is 36.0 Å². The second kappa shape index (κ2) is 7.65. The Morgan fingerprint density at radius 3 is 2.66 bits per heavy atom. The highest BCUT2D eigenvalue weighted by Crippen LogP contribution is 2.40. The lowest BCUT2D eigenvalue weighted by atomic mass is 10.0. The number of carbonyl (C=O) groups excluding carboxylic acids is 1. The zero-order valence-electron chi connectivity index (χ0n) is 17.3. The second-order valence-electron chi connectivity index (χ2n) is 8.41. The maximum absolute atomic E-state index is 13.5. The third-order valence-corrected chi connectivity index (χ3v) is 6.23. The highest BCUT2D eigenvalue weighted by Gasteiger charge is 2.47. The lowest BCUT2D eigenvalue weighted by Crippen LogP contribution is -2.47. The molecule has 0 radical (unpaired) electrons. The zero-order valence-corrected chi connectivity index (χ0v) is 17.3. The van der Waals surface area contributed by atoms with Crippen molar-refractivity contribution in [2.24, 2.45) is 5.92 Å². The first-order valence-corrected chi connectivity index (χ1v) is 10.4. The molecule has 32 heavy (non-hydrogen) atoms. The van der Waals surface area contributed by atoms with Crippen molar-refractivity contribution in [2.75, 3.05) is 11.9 Å². The summed E-state index contributed by atoms with van der Waals surface area (Å²) in [6, 6.07) is 11.3. The van der Waals surface area contributed by atoms with Crippen LogP contribution >= 0.6 is 0 Å².